The quantitative estimate of drug-likeness (QED) is 0.388. The summed E-state index contributed by atoms with van der Waals surface area (Å²) in [7, 11) is 2.47. The van der Waals surface area contributed by atoms with E-state index in [1.807, 2.05) is 0 Å². The summed E-state index contributed by atoms with van der Waals surface area (Å²) in [6.45, 7) is 7.01. The van der Waals surface area contributed by atoms with Crippen LogP contribution in [0.2, 0.25) is 0 Å². The number of carbonyl (C=O) groups is 2. The summed E-state index contributed by atoms with van der Waals surface area (Å²) >= 11 is 0. The van der Waals surface area contributed by atoms with Gasteiger partial charge in [0.25, 0.3) is 0 Å². The molecule has 4 nitrogen and oxygen atoms in total. The zero-order valence-corrected chi connectivity index (χ0v) is 8.99. The molecule has 0 saturated heterocycles. The first-order valence-corrected chi connectivity index (χ1v) is 4.20. The number of allylic oxidation sites excluding steroid dienone is 1. The zero-order valence-electron chi connectivity index (χ0n) is 8.99. The maximum Gasteiger partial charge on any atom is 0.320 e. The van der Waals surface area contributed by atoms with Gasteiger partial charge in [0.15, 0.2) is 5.92 Å². The molecule has 14 heavy (non-hydrogen) atoms. The topological polar surface area (TPSA) is 52.6 Å². The second kappa shape index (κ2) is 4.79. The third kappa shape index (κ3) is 2.58. The van der Waals surface area contributed by atoms with E-state index in [0.717, 1.165) is 0 Å². The molecule has 0 saturated carbocycles. The van der Waals surface area contributed by atoms with Gasteiger partial charge in [-0.05, 0) is 0 Å². The fourth-order valence-electron chi connectivity index (χ4n) is 1.06. The Bertz CT molecular complexity index is 227. The van der Waals surface area contributed by atoms with Gasteiger partial charge in [0, 0.05) is 5.41 Å². The summed E-state index contributed by atoms with van der Waals surface area (Å²) in [5.74, 6) is -2.18. The van der Waals surface area contributed by atoms with Gasteiger partial charge in [-0.15, -0.1) is 6.58 Å². The lowest BCUT2D eigenvalue weighted by atomic mass is 9.79. The van der Waals surface area contributed by atoms with Crippen LogP contribution < -0.4 is 0 Å². The van der Waals surface area contributed by atoms with Crippen molar-refractivity contribution in [1.29, 1.82) is 0 Å². The van der Waals surface area contributed by atoms with Crippen LogP contribution in [0.4, 0.5) is 0 Å². The lowest BCUT2D eigenvalue weighted by molar-refractivity contribution is -0.163. The third-order valence-corrected chi connectivity index (χ3v) is 2.14. The number of hydrogen-bond acceptors (Lipinski definition) is 4. The van der Waals surface area contributed by atoms with Crippen LogP contribution in [0.15, 0.2) is 12.7 Å². The van der Waals surface area contributed by atoms with E-state index in [4.69, 9.17) is 0 Å². The Morgan fingerprint density at radius 3 is 1.79 bits per heavy atom. The van der Waals surface area contributed by atoms with Crippen LogP contribution in [0.25, 0.3) is 0 Å². The fourth-order valence-corrected chi connectivity index (χ4v) is 1.06. The SMILES string of the molecule is C=CC(C)(C)C(C(=O)OC)C(=O)OC. The highest BCUT2D eigenvalue weighted by atomic mass is 16.5. The maximum absolute atomic E-state index is 11.3. The molecular weight excluding hydrogens is 184 g/mol. The molecule has 0 aromatic heterocycles. The molecule has 0 rings (SSSR count). The minimum Gasteiger partial charge on any atom is -0.468 e. The van der Waals surface area contributed by atoms with E-state index >= 15 is 0 Å². The van der Waals surface area contributed by atoms with E-state index in [1.54, 1.807) is 13.8 Å². The first-order valence-electron chi connectivity index (χ1n) is 4.20. The van der Waals surface area contributed by atoms with Crippen LogP contribution in [0.1, 0.15) is 13.8 Å². The van der Waals surface area contributed by atoms with Crippen LogP contribution >= 0.6 is 0 Å². The molecule has 0 aliphatic heterocycles. The molecule has 0 aromatic rings. The van der Waals surface area contributed by atoms with Crippen LogP contribution in [0.5, 0.6) is 0 Å². The largest absolute Gasteiger partial charge is 0.468 e. The number of hydrogen-bond donors (Lipinski definition) is 0. The first kappa shape index (κ1) is 12.7. The van der Waals surface area contributed by atoms with Gasteiger partial charge in [-0.2, -0.15) is 0 Å². The Labute approximate surface area is 83.9 Å². The average molecular weight is 200 g/mol. The van der Waals surface area contributed by atoms with Crippen LogP contribution in [-0.2, 0) is 19.1 Å². The summed E-state index contributed by atoms with van der Waals surface area (Å²) in [5, 5.41) is 0. The molecule has 0 aromatic carbocycles. The summed E-state index contributed by atoms with van der Waals surface area (Å²) in [6, 6.07) is 0. The van der Waals surface area contributed by atoms with Crippen LogP contribution in [-0.4, -0.2) is 26.2 Å². The van der Waals surface area contributed by atoms with Crippen molar-refractivity contribution in [2.24, 2.45) is 11.3 Å². The summed E-state index contributed by atoms with van der Waals surface area (Å²) < 4.78 is 9.07. The predicted molar refractivity (Wildman–Crippen MR) is 51.5 cm³/mol. The minimum absolute atomic E-state index is 0.609. The Morgan fingerprint density at radius 1 is 1.21 bits per heavy atom. The molecule has 0 amide bonds. The normalized spacial score (nSPS) is 10.9. The van der Waals surface area contributed by atoms with Crippen molar-refractivity contribution in [1.82, 2.24) is 0 Å². The second-order valence-corrected chi connectivity index (χ2v) is 3.50. The summed E-state index contributed by atoms with van der Waals surface area (Å²) in [6.07, 6.45) is 1.53. The van der Waals surface area contributed by atoms with E-state index < -0.39 is 23.3 Å². The Morgan fingerprint density at radius 2 is 1.57 bits per heavy atom. The second-order valence-electron chi connectivity index (χ2n) is 3.50. The minimum atomic E-state index is -0.963. The summed E-state index contributed by atoms with van der Waals surface area (Å²) in [5.41, 5.74) is -0.680. The molecular formula is C10H16O4. The lowest BCUT2D eigenvalue weighted by Crippen LogP contribution is -2.37. The van der Waals surface area contributed by atoms with Gasteiger partial charge in [-0.3, -0.25) is 9.59 Å². The molecule has 0 N–H and O–H groups in total. The van der Waals surface area contributed by atoms with Gasteiger partial charge < -0.3 is 9.47 Å². The molecule has 0 heterocycles. The number of esters is 2. The van der Waals surface area contributed by atoms with E-state index in [9.17, 15) is 9.59 Å². The van der Waals surface area contributed by atoms with E-state index in [-0.39, 0.29) is 0 Å². The van der Waals surface area contributed by atoms with E-state index in [2.05, 4.69) is 16.1 Å². The predicted octanol–water partition coefficient (Wildman–Crippen LogP) is 1.16. The molecule has 80 valence electrons. The molecule has 0 unspecified atom stereocenters. The molecule has 0 aliphatic rings. The highest BCUT2D eigenvalue weighted by Gasteiger charge is 2.40. The van der Waals surface area contributed by atoms with E-state index in [1.165, 1.54) is 20.3 Å². The smallest absolute Gasteiger partial charge is 0.320 e. The molecule has 0 bridgehead atoms. The highest BCUT2D eigenvalue weighted by molar-refractivity contribution is 5.96. The Kier molecular flexibility index (Phi) is 4.34. The van der Waals surface area contributed by atoms with Crippen molar-refractivity contribution >= 4 is 11.9 Å². The third-order valence-electron chi connectivity index (χ3n) is 2.14. The molecule has 0 aliphatic carbocycles. The van der Waals surface area contributed by atoms with Crippen LogP contribution in [0, 0.1) is 11.3 Å². The molecule has 0 radical (unpaired) electrons. The number of rotatable bonds is 4. The van der Waals surface area contributed by atoms with E-state index in [0.29, 0.717) is 0 Å². The molecule has 0 atom stereocenters. The lowest BCUT2D eigenvalue weighted by Gasteiger charge is -2.26. The molecule has 4 heteroatoms. The van der Waals surface area contributed by atoms with Gasteiger partial charge >= 0.3 is 11.9 Å². The maximum atomic E-state index is 11.3. The number of methoxy groups -OCH3 is 2. The van der Waals surface area contributed by atoms with Crippen molar-refractivity contribution in [2.75, 3.05) is 14.2 Å². The average Bonchev–Trinajstić information content (AvgIpc) is 2.17. The van der Waals surface area contributed by atoms with Gasteiger partial charge in [0.05, 0.1) is 14.2 Å². The first-order chi connectivity index (χ1) is 6.40. The van der Waals surface area contributed by atoms with Crippen molar-refractivity contribution in [2.45, 2.75) is 13.8 Å². The molecule has 0 spiro atoms. The van der Waals surface area contributed by atoms with Gasteiger partial charge in [-0.25, -0.2) is 0 Å². The standard InChI is InChI=1S/C10H16O4/c1-6-10(2,3)7(8(11)13-4)9(12)14-5/h6-7H,1H2,2-5H3. The summed E-state index contributed by atoms with van der Waals surface area (Å²) in [4.78, 5) is 22.7. The Balaban J connectivity index is 5.00. The van der Waals surface area contributed by atoms with Gasteiger partial charge in [0.2, 0.25) is 0 Å². The fraction of sp³-hybridized carbons (Fsp3) is 0.600. The van der Waals surface area contributed by atoms with Crippen molar-refractivity contribution in [3.05, 3.63) is 12.7 Å². The zero-order chi connectivity index (χ0) is 11.4. The van der Waals surface area contributed by atoms with Crippen molar-refractivity contribution in [3.63, 3.8) is 0 Å². The van der Waals surface area contributed by atoms with Crippen molar-refractivity contribution in [3.8, 4) is 0 Å². The Hall–Kier alpha value is -1.32. The van der Waals surface area contributed by atoms with Crippen molar-refractivity contribution < 1.29 is 19.1 Å². The van der Waals surface area contributed by atoms with Gasteiger partial charge in [0.1, 0.15) is 0 Å². The number of ether oxygens (including phenoxy) is 2. The van der Waals surface area contributed by atoms with Crippen LogP contribution in [0.3, 0.4) is 0 Å². The number of carbonyl (C=O) groups excluding carboxylic acids is 2. The monoisotopic (exact) mass is 200 g/mol. The molecule has 0 fully saturated rings. The van der Waals surface area contributed by atoms with Gasteiger partial charge in [-0.1, -0.05) is 19.9 Å². The highest BCUT2D eigenvalue weighted by Crippen LogP contribution is 2.29.